The van der Waals surface area contributed by atoms with Gasteiger partial charge in [0.05, 0.1) is 5.37 Å². The lowest BCUT2D eigenvalue weighted by Gasteiger charge is -2.12. The Morgan fingerprint density at radius 1 is 0.944 bits per heavy atom. The summed E-state index contributed by atoms with van der Waals surface area (Å²) in [6, 6.07) is 20.1. The maximum Gasteiger partial charge on any atom is 0.0792 e. The fourth-order valence-electron chi connectivity index (χ4n) is 2.27. The van der Waals surface area contributed by atoms with Crippen molar-refractivity contribution in [3.8, 4) is 11.1 Å². The molecule has 1 fully saturated rings. The molecule has 2 aromatic carbocycles. The Morgan fingerprint density at radius 2 is 1.61 bits per heavy atom. The van der Waals surface area contributed by atoms with Crippen LogP contribution in [-0.4, -0.2) is 11.8 Å². The van der Waals surface area contributed by atoms with Gasteiger partial charge in [-0.3, -0.25) is 5.32 Å². The minimum absolute atomic E-state index is 0.463. The number of benzene rings is 2. The Morgan fingerprint density at radius 3 is 2.22 bits per heavy atom. The van der Waals surface area contributed by atoms with E-state index < -0.39 is 0 Å². The van der Waals surface area contributed by atoms with Crippen LogP contribution < -0.4 is 5.32 Å². The van der Waals surface area contributed by atoms with Gasteiger partial charge in [-0.25, -0.2) is 0 Å². The number of nitrogens with one attached hydrogen (secondary N) is 1. The quantitative estimate of drug-likeness (QED) is 0.868. The molecular weight excluding hydrogens is 238 g/mol. The van der Waals surface area contributed by atoms with Crippen molar-refractivity contribution in [2.45, 2.75) is 18.3 Å². The predicted molar refractivity (Wildman–Crippen MR) is 79.7 cm³/mol. The van der Waals surface area contributed by atoms with Gasteiger partial charge in [-0.2, -0.15) is 0 Å². The van der Waals surface area contributed by atoms with Gasteiger partial charge in [0.25, 0.3) is 0 Å². The van der Waals surface area contributed by atoms with Crippen molar-refractivity contribution >= 4 is 11.8 Å². The second-order valence-electron chi connectivity index (χ2n) is 4.77. The molecule has 1 aliphatic heterocycles. The molecule has 1 heterocycles. The Labute approximate surface area is 113 Å². The van der Waals surface area contributed by atoms with Gasteiger partial charge in [-0.15, -0.1) is 11.8 Å². The minimum atomic E-state index is 0.463. The fraction of sp³-hybridized carbons (Fsp3) is 0.250. The zero-order valence-electron chi connectivity index (χ0n) is 10.5. The van der Waals surface area contributed by atoms with E-state index in [2.05, 4.69) is 66.8 Å². The molecule has 0 amide bonds. The lowest BCUT2D eigenvalue weighted by atomic mass is 10.0. The molecule has 0 spiro atoms. The van der Waals surface area contributed by atoms with Crippen molar-refractivity contribution < 1.29 is 0 Å². The third kappa shape index (κ3) is 2.45. The van der Waals surface area contributed by atoms with Crippen molar-refractivity contribution in [3.63, 3.8) is 0 Å². The molecule has 3 rings (SSSR count). The molecule has 2 atom stereocenters. The van der Waals surface area contributed by atoms with E-state index >= 15 is 0 Å². The van der Waals surface area contributed by atoms with E-state index in [9.17, 15) is 0 Å². The Kier molecular flexibility index (Phi) is 3.39. The molecule has 92 valence electrons. The molecule has 1 nitrogen and oxygen atoms in total. The third-order valence-corrected chi connectivity index (χ3v) is 4.70. The van der Waals surface area contributed by atoms with Crippen molar-refractivity contribution in [2.75, 3.05) is 5.75 Å². The van der Waals surface area contributed by atoms with Crippen molar-refractivity contribution in [2.24, 2.45) is 0 Å². The highest BCUT2D eigenvalue weighted by atomic mass is 32.2. The summed E-state index contributed by atoms with van der Waals surface area (Å²) in [5.74, 6) is 1.20. The maximum atomic E-state index is 3.59. The summed E-state index contributed by atoms with van der Waals surface area (Å²) in [5, 5.41) is 4.06. The fourth-order valence-corrected chi connectivity index (χ4v) is 3.52. The zero-order valence-corrected chi connectivity index (χ0v) is 11.3. The van der Waals surface area contributed by atoms with Crippen LogP contribution in [-0.2, 0) is 0 Å². The highest BCUT2D eigenvalue weighted by molar-refractivity contribution is 7.99. The monoisotopic (exact) mass is 255 g/mol. The van der Waals surface area contributed by atoms with Crippen LogP contribution in [0.2, 0.25) is 0 Å². The highest BCUT2D eigenvalue weighted by Crippen LogP contribution is 2.33. The van der Waals surface area contributed by atoms with Crippen LogP contribution in [0, 0.1) is 0 Å². The lowest BCUT2D eigenvalue weighted by Crippen LogP contribution is -2.21. The van der Waals surface area contributed by atoms with Crippen molar-refractivity contribution in [1.29, 1.82) is 0 Å². The largest absolute Gasteiger partial charge is 0.298 e. The first kappa shape index (κ1) is 11.8. The van der Waals surface area contributed by atoms with Crippen LogP contribution in [0.25, 0.3) is 11.1 Å². The average molecular weight is 255 g/mol. The van der Waals surface area contributed by atoms with Gasteiger partial charge in [0, 0.05) is 11.8 Å². The summed E-state index contributed by atoms with van der Waals surface area (Å²) in [6.45, 7) is 2.24. The van der Waals surface area contributed by atoms with Crippen LogP contribution in [0.5, 0.6) is 0 Å². The summed E-state index contributed by atoms with van der Waals surface area (Å²) < 4.78 is 0. The Bertz CT molecular complexity index is 506. The summed E-state index contributed by atoms with van der Waals surface area (Å²) in [5.41, 5.74) is 3.95. The van der Waals surface area contributed by atoms with Gasteiger partial charge in [0.2, 0.25) is 0 Å². The van der Waals surface area contributed by atoms with Crippen LogP contribution in [0.4, 0.5) is 0 Å². The second kappa shape index (κ2) is 5.17. The SMILES string of the molecule is CC1CSC(c2ccc(-c3ccccc3)cc2)N1. The molecular formula is C16H17NS. The van der Waals surface area contributed by atoms with E-state index in [1.54, 1.807) is 0 Å². The maximum absolute atomic E-state index is 3.59. The van der Waals surface area contributed by atoms with Gasteiger partial charge in [-0.05, 0) is 23.6 Å². The molecule has 0 aromatic heterocycles. The molecule has 1 N–H and O–H groups in total. The first-order valence-electron chi connectivity index (χ1n) is 6.36. The van der Waals surface area contributed by atoms with E-state index in [1.807, 2.05) is 11.8 Å². The van der Waals surface area contributed by atoms with Crippen molar-refractivity contribution in [1.82, 2.24) is 5.32 Å². The van der Waals surface area contributed by atoms with E-state index in [0.717, 1.165) is 0 Å². The number of rotatable bonds is 2. The molecule has 2 unspecified atom stereocenters. The smallest absolute Gasteiger partial charge is 0.0792 e. The topological polar surface area (TPSA) is 12.0 Å². The van der Waals surface area contributed by atoms with E-state index in [-0.39, 0.29) is 0 Å². The molecule has 0 radical (unpaired) electrons. The van der Waals surface area contributed by atoms with Crippen molar-refractivity contribution in [3.05, 3.63) is 60.2 Å². The molecule has 2 aromatic rings. The molecule has 0 bridgehead atoms. The molecule has 0 aliphatic carbocycles. The highest BCUT2D eigenvalue weighted by Gasteiger charge is 2.21. The molecule has 0 saturated carbocycles. The zero-order chi connectivity index (χ0) is 12.4. The third-order valence-electron chi connectivity index (χ3n) is 3.27. The first-order chi connectivity index (χ1) is 8.83. The van der Waals surface area contributed by atoms with Gasteiger partial charge in [-0.1, -0.05) is 54.6 Å². The van der Waals surface area contributed by atoms with Gasteiger partial charge in [0.15, 0.2) is 0 Å². The summed E-state index contributed by atoms with van der Waals surface area (Å²) in [4.78, 5) is 0. The van der Waals surface area contributed by atoms with Crippen LogP contribution in [0.3, 0.4) is 0 Å². The van der Waals surface area contributed by atoms with Gasteiger partial charge >= 0.3 is 0 Å². The van der Waals surface area contributed by atoms with Crippen LogP contribution in [0.1, 0.15) is 17.9 Å². The molecule has 2 heteroatoms. The Balaban J connectivity index is 1.81. The summed E-state index contributed by atoms with van der Waals surface area (Å²) >= 11 is 1.99. The molecule has 1 saturated heterocycles. The van der Waals surface area contributed by atoms with E-state index in [4.69, 9.17) is 0 Å². The van der Waals surface area contributed by atoms with Crippen LogP contribution >= 0.6 is 11.8 Å². The first-order valence-corrected chi connectivity index (χ1v) is 7.41. The van der Waals surface area contributed by atoms with Crippen LogP contribution in [0.15, 0.2) is 54.6 Å². The summed E-state index contributed by atoms with van der Waals surface area (Å²) in [6.07, 6.45) is 0. The predicted octanol–water partition coefficient (Wildman–Crippen LogP) is 4.08. The van der Waals surface area contributed by atoms with Gasteiger partial charge in [0.1, 0.15) is 0 Å². The molecule has 1 aliphatic rings. The minimum Gasteiger partial charge on any atom is -0.298 e. The second-order valence-corrected chi connectivity index (χ2v) is 5.91. The van der Waals surface area contributed by atoms with E-state index in [0.29, 0.717) is 11.4 Å². The summed E-state index contributed by atoms with van der Waals surface area (Å²) in [7, 11) is 0. The van der Waals surface area contributed by atoms with E-state index in [1.165, 1.54) is 22.4 Å². The standard InChI is InChI=1S/C16H17NS/c1-12-11-18-16(17-12)15-9-7-14(8-10-15)13-5-3-2-4-6-13/h2-10,12,16-17H,11H2,1H3. The normalized spacial score (nSPS) is 23.2. The number of hydrogen-bond acceptors (Lipinski definition) is 2. The van der Waals surface area contributed by atoms with Gasteiger partial charge < -0.3 is 0 Å². The number of thioether (sulfide) groups is 1. The molecule has 18 heavy (non-hydrogen) atoms. The Hall–Kier alpha value is -1.25. The average Bonchev–Trinajstić information content (AvgIpc) is 2.87. The number of hydrogen-bond donors (Lipinski definition) is 1. The lowest BCUT2D eigenvalue weighted by molar-refractivity contribution is 0.618.